The first-order valence-electron chi connectivity index (χ1n) is 6.00. The standard InChI is InChI=1S/C14H16N2O3S/c1-9-5-7-10(8-6-9)13-15-12(18-3)11(20-13)14(17)16(2)19-4/h5-8H,1-4H3. The van der Waals surface area contributed by atoms with Gasteiger partial charge in [0, 0.05) is 12.6 Å². The number of hydrogen-bond acceptors (Lipinski definition) is 5. The number of benzene rings is 1. The van der Waals surface area contributed by atoms with Crippen LogP contribution in [0.5, 0.6) is 5.88 Å². The Hall–Kier alpha value is -1.92. The third-order valence-electron chi connectivity index (χ3n) is 2.84. The molecule has 0 aliphatic rings. The van der Waals surface area contributed by atoms with E-state index in [1.807, 2.05) is 31.2 Å². The van der Waals surface area contributed by atoms with E-state index in [1.54, 1.807) is 7.05 Å². The molecule has 1 amide bonds. The van der Waals surface area contributed by atoms with E-state index in [-0.39, 0.29) is 5.91 Å². The highest BCUT2D eigenvalue weighted by Crippen LogP contribution is 2.33. The van der Waals surface area contributed by atoms with Crippen molar-refractivity contribution in [3.05, 3.63) is 34.7 Å². The Balaban J connectivity index is 2.40. The molecule has 0 radical (unpaired) electrons. The van der Waals surface area contributed by atoms with Gasteiger partial charge in [-0.15, -0.1) is 11.3 Å². The predicted octanol–water partition coefficient (Wildman–Crippen LogP) is 2.76. The third kappa shape index (κ3) is 2.81. The van der Waals surface area contributed by atoms with E-state index in [2.05, 4.69) is 4.98 Å². The second-order valence-corrected chi connectivity index (χ2v) is 5.21. The number of carbonyl (C=O) groups is 1. The number of aryl methyl sites for hydroxylation is 1. The SMILES string of the molecule is COc1nc(-c2ccc(C)cc2)sc1C(=O)N(C)OC. The molecule has 0 aliphatic carbocycles. The van der Waals surface area contributed by atoms with Crippen molar-refractivity contribution in [1.82, 2.24) is 10.0 Å². The molecule has 0 saturated heterocycles. The van der Waals surface area contributed by atoms with Crippen LogP contribution in [-0.2, 0) is 4.84 Å². The molecule has 20 heavy (non-hydrogen) atoms. The summed E-state index contributed by atoms with van der Waals surface area (Å²) in [7, 11) is 4.48. The summed E-state index contributed by atoms with van der Waals surface area (Å²) in [5.74, 6) is 0.0414. The Bertz CT molecular complexity index is 607. The van der Waals surface area contributed by atoms with Gasteiger partial charge >= 0.3 is 0 Å². The molecule has 0 fully saturated rings. The summed E-state index contributed by atoms with van der Waals surface area (Å²) < 4.78 is 5.18. The average Bonchev–Trinajstić information content (AvgIpc) is 2.90. The van der Waals surface area contributed by atoms with Crippen LogP contribution in [0.1, 0.15) is 15.2 Å². The summed E-state index contributed by atoms with van der Waals surface area (Å²) in [4.78, 5) is 21.8. The molecule has 0 saturated carbocycles. The first-order chi connectivity index (χ1) is 9.56. The van der Waals surface area contributed by atoms with Gasteiger partial charge in [-0.2, -0.15) is 0 Å². The van der Waals surface area contributed by atoms with Crippen molar-refractivity contribution in [2.45, 2.75) is 6.92 Å². The largest absolute Gasteiger partial charge is 0.480 e. The summed E-state index contributed by atoms with van der Waals surface area (Å²) in [6, 6.07) is 7.96. The number of hydroxylamine groups is 2. The average molecular weight is 292 g/mol. The van der Waals surface area contributed by atoms with Gasteiger partial charge in [-0.1, -0.05) is 29.8 Å². The van der Waals surface area contributed by atoms with E-state index in [4.69, 9.17) is 9.57 Å². The Morgan fingerprint density at radius 1 is 1.25 bits per heavy atom. The fourth-order valence-electron chi connectivity index (χ4n) is 1.63. The quantitative estimate of drug-likeness (QED) is 0.813. The van der Waals surface area contributed by atoms with Gasteiger partial charge < -0.3 is 4.74 Å². The molecule has 2 aromatic rings. The summed E-state index contributed by atoms with van der Waals surface area (Å²) >= 11 is 1.29. The maximum Gasteiger partial charge on any atom is 0.292 e. The number of hydrogen-bond donors (Lipinski definition) is 0. The van der Waals surface area contributed by atoms with Crippen LogP contribution in [-0.4, -0.2) is 37.2 Å². The fourth-order valence-corrected chi connectivity index (χ4v) is 2.63. The third-order valence-corrected chi connectivity index (χ3v) is 3.92. The van der Waals surface area contributed by atoms with Crippen molar-refractivity contribution in [3.8, 4) is 16.5 Å². The molecule has 2 rings (SSSR count). The predicted molar refractivity (Wildman–Crippen MR) is 77.9 cm³/mol. The lowest BCUT2D eigenvalue weighted by Crippen LogP contribution is -2.24. The molecule has 0 unspecified atom stereocenters. The van der Waals surface area contributed by atoms with E-state index in [0.29, 0.717) is 10.8 Å². The first kappa shape index (κ1) is 14.5. The zero-order chi connectivity index (χ0) is 14.7. The van der Waals surface area contributed by atoms with Gasteiger partial charge in [-0.25, -0.2) is 10.0 Å². The number of amides is 1. The fraction of sp³-hybridized carbons (Fsp3) is 0.286. The maximum absolute atomic E-state index is 12.1. The summed E-state index contributed by atoms with van der Waals surface area (Å²) in [6.07, 6.45) is 0. The molecule has 1 heterocycles. The topological polar surface area (TPSA) is 51.7 Å². The minimum absolute atomic E-state index is 0.278. The minimum Gasteiger partial charge on any atom is -0.480 e. The Morgan fingerprint density at radius 2 is 1.90 bits per heavy atom. The van der Waals surface area contributed by atoms with Gasteiger partial charge in [0.2, 0.25) is 5.88 Å². The number of aromatic nitrogens is 1. The molecule has 0 bridgehead atoms. The van der Waals surface area contributed by atoms with Crippen LogP contribution in [0.3, 0.4) is 0 Å². The van der Waals surface area contributed by atoms with Crippen molar-refractivity contribution >= 4 is 17.2 Å². The van der Waals surface area contributed by atoms with Gasteiger partial charge in [-0.3, -0.25) is 9.63 Å². The van der Waals surface area contributed by atoms with Crippen LogP contribution in [0, 0.1) is 6.92 Å². The van der Waals surface area contributed by atoms with Crippen LogP contribution in [0.25, 0.3) is 10.6 Å². The van der Waals surface area contributed by atoms with Gasteiger partial charge in [-0.05, 0) is 6.92 Å². The maximum atomic E-state index is 12.1. The highest BCUT2D eigenvalue weighted by molar-refractivity contribution is 7.17. The van der Waals surface area contributed by atoms with Crippen molar-refractivity contribution in [3.63, 3.8) is 0 Å². The summed E-state index contributed by atoms with van der Waals surface area (Å²) in [6.45, 7) is 2.02. The Morgan fingerprint density at radius 3 is 2.45 bits per heavy atom. The van der Waals surface area contributed by atoms with Crippen molar-refractivity contribution in [2.24, 2.45) is 0 Å². The molecule has 0 aliphatic heterocycles. The summed E-state index contributed by atoms with van der Waals surface area (Å²) in [5.41, 5.74) is 2.13. The van der Waals surface area contributed by atoms with Crippen molar-refractivity contribution in [2.75, 3.05) is 21.3 Å². The molecule has 0 N–H and O–H groups in total. The Labute approximate surface area is 121 Å². The molecule has 1 aromatic heterocycles. The minimum atomic E-state index is -0.278. The highest BCUT2D eigenvalue weighted by Gasteiger charge is 2.22. The van der Waals surface area contributed by atoms with Crippen LogP contribution < -0.4 is 4.74 Å². The number of rotatable bonds is 4. The zero-order valence-electron chi connectivity index (χ0n) is 11.8. The lowest BCUT2D eigenvalue weighted by Gasteiger charge is -2.12. The monoisotopic (exact) mass is 292 g/mol. The smallest absolute Gasteiger partial charge is 0.292 e. The lowest BCUT2D eigenvalue weighted by atomic mass is 10.2. The van der Waals surface area contributed by atoms with Gasteiger partial charge in [0.05, 0.1) is 14.2 Å². The molecular weight excluding hydrogens is 276 g/mol. The summed E-state index contributed by atoms with van der Waals surface area (Å²) in [5, 5.41) is 1.89. The van der Waals surface area contributed by atoms with E-state index in [9.17, 15) is 4.79 Å². The van der Waals surface area contributed by atoms with Crippen molar-refractivity contribution in [1.29, 1.82) is 0 Å². The number of ether oxygens (including phenoxy) is 1. The first-order valence-corrected chi connectivity index (χ1v) is 6.82. The molecular formula is C14H16N2O3S. The van der Waals surface area contributed by atoms with Crippen LogP contribution in [0.15, 0.2) is 24.3 Å². The van der Waals surface area contributed by atoms with Crippen LogP contribution in [0.2, 0.25) is 0 Å². The van der Waals surface area contributed by atoms with Gasteiger partial charge in [0.25, 0.3) is 5.91 Å². The van der Waals surface area contributed by atoms with E-state index >= 15 is 0 Å². The van der Waals surface area contributed by atoms with Crippen molar-refractivity contribution < 1.29 is 14.4 Å². The zero-order valence-corrected chi connectivity index (χ0v) is 12.7. The highest BCUT2D eigenvalue weighted by atomic mass is 32.1. The molecule has 0 atom stereocenters. The van der Waals surface area contributed by atoms with E-state index < -0.39 is 0 Å². The number of nitrogens with zero attached hydrogens (tertiary/aromatic N) is 2. The normalized spacial score (nSPS) is 10.4. The Kier molecular flexibility index (Phi) is 4.36. The second-order valence-electron chi connectivity index (χ2n) is 4.21. The molecule has 1 aromatic carbocycles. The molecule has 5 nitrogen and oxygen atoms in total. The number of thiazole rings is 1. The van der Waals surface area contributed by atoms with Crippen LogP contribution in [0.4, 0.5) is 0 Å². The van der Waals surface area contributed by atoms with Gasteiger partial charge in [0.15, 0.2) is 4.88 Å². The molecule has 6 heteroatoms. The van der Waals surface area contributed by atoms with E-state index in [1.165, 1.54) is 31.1 Å². The lowest BCUT2D eigenvalue weighted by molar-refractivity contribution is -0.0755. The molecule has 0 spiro atoms. The van der Waals surface area contributed by atoms with E-state index in [0.717, 1.165) is 15.6 Å². The molecule has 106 valence electrons. The number of carbonyl (C=O) groups excluding carboxylic acids is 1. The second kappa shape index (κ2) is 6.02. The van der Waals surface area contributed by atoms with Gasteiger partial charge in [0.1, 0.15) is 5.01 Å². The number of methoxy groups -OCH3 is 1. The van der Waals surface area contributed by atoms with Crippen LogP contribution >= 0.6 is 11.3 Å².